The van der Waals surface area contributed by atoms with Crippen molar-refractivity contribution in [1.82, 2.24) is 10.2 Å². The van der Waals surface area contributed by atoms with Gasteiger partial charge in [-0.05, 0) is 61.9 Å². The van der Waals surface area contributed by atoms with Crippen molar-refractivity contribution in [3.63, 3.8) is 0 Å². The molecule has 4 fully saturated rings. The highest BCUT2D eigenvalue weighted by Crippen LogP contribution is 2.49. The van der Waals surface area contributed by atoms with Crippen LogP contribution in [0.2, 0.25) is 5.02 Å². The fourth-order valence-corrected chi connectivity index (χ4v) is 6.00. The molecule has 4 saturated heterocycles. The molecule has 2 aromatic carbocycles. The lowest BCUT2D eigenvalue weighted by molar-refractivity contribution is -0.203. The lowest BCUT2D eigenvalue weighted by Crippen LogP contribution is -2.73. The average Bonchev–Trinajstić information content (AvgIpc) is 3.45. The quantitative estimate of drug-likeness (QED) is 0.401. The summed E-state index contributed by atoms with van der Waals surface area (Å²) in [6.07, 6.45) is 3.38. The summed E-state index contributed by atoms with van der Waals surface area (Å²) >= 11 is 6.16. The number of nitrogens with one attached hydrogen (secondary N) is 1. The van der Waals surface area contributed by atoms with Crippen LogP contribution in [0, 0.1) is 5.92 Å². The first-order valence-corrected chi connectivity index (χ1v) is 12.5. The Kier molecular flexibility index (Phi) is 5.60. The van der Waals surface area contributed by atoms with Crippen LogP contribution in [0.15, 0.2) is 53.1 Å². The lowest BCUT2D eigenvalue weighted by atomic mass is 9.69. The summed E-state index contributed by atoms with van der Waals surface area (Å²) in [7, 11) is -0.548. The number of hydrogen-bond acceptors (Lipinski definition) is 6. The van der Waals surface area contributed by atoms with Gasteiger partial charge in [0.15, 0.2) is 0 Å². The Morgan fingerprint density at radius 3 is 2.91 bits per heavy atom. The molecule has 35 heavy (non-hydrogen) atoms. The van der Waals surface area contributed by atoms with Gasteiger partial charge >= 0.3 is 7.12 Å². The molecule has 9 heteroatoms. The van der Waals surface area contributed by atoms with Crippen molar-refractivity contribution in [2.45, 2.75) is 56.9 Å². The molecule has 7 nitrogen and oxygen atoms in total. The second kappa shape index (κ2) is 8.55. The summed E-state index contributed by atoms with van der Waals surface area (Å²) in [6, 6.07) is 13.2. The molecule has 3 N–H and O–H groups in total. The predicted molar refractivity (Wildman–Crippen MR) is 136 cm³/mol. The monoisotopic (exact) mass is 493 g/mol. The van der Waals surface area contributed by atoms with Gasteiger partial charge in [-0.15, -0.1) is 0 Å². The van der Waals surface area contributed by atoms with Gasteiger partial charge < -0.3 is 24.8 Å². The van der Waals surface area contributed by atoms with Crippen LogP contribution in [0.4, 0.5) is 5.69 Å². The molecule has 0 spiro atoms. The van der Waals surface area contributed by atoms with E-state index >= 15 is 0 Å². The number of carbonyl (C=O) groups is 1. The third kappa shape index (κ3) is 4.02. The van der Waals surface area contributed by atoms with Gasteiger partial charge in [0.2, 0.25) is 5.91 Å². The van der Waals surface area contributed by atoms with Gasteiger partial charge in [0.05, 0.1) is 35.4 Å². The summed E-state index contributed by atoms with van der Waals surface area (Å²) < 4.78 is 18.7. The fraction of sp³-hybridized carbons (Fsp3) is 0.423. The number of hydrogen-bond donors (Lipinski definition) is 2. The van der Waals surface area contributed by atoms with Crippen molar-refractivity contribution in [2.75, 3.05) is 12.3 Å². The van der Waals surface area contributed by atoms with Crippen LogP contribution in [0.25, 0.3) is 11.0 Å². The van der Waals surface area contributed by atoms with Gasteiger partial charge in [0.1, 0.15) is 11.8 Å². The Bertz CT molecular complexity index is 1280. The SMILES string of the molecule is CC1(C)C2CC3OB(C(Cc4coc5ccccc45)NC(=O)Cc4ccc(N)c(Cl)c4)OC3N1C2. The van der Waals surface area contributed by atoms with Crippen LogP contribution in [-0.4, -0.2) is 48.3 Å². The summed E-state index contributed by atoms with van der Waals surface area (Å²) in [5.41, 5.74) is 9.05. The van der Waals surface area contributed by atoms with Crippen molar-refractivity contribution < 1.29 is 18.5 Å². The van der Waals surface area contributed by atoms with Crippen molar-refractivity contribution in [3.05, 3.63) is 64.9 Å². The lowest BCUT2D eigenvalue weighted by Gasteiger charge is -2.62. The number of benzene rings is 2. The van der Waals surface area contributed by atoms with E-state index in [2.05, 4.69) is 24.1 Å². The molecule has 182 valence electrons. The Morgan fingerprint density at radius 1 is 1.29 bits per heavy atom. The van der Waals surface area contributed by atoms with Gasteiger partial charge in [-0.3, -0.25) is 9.69 Å². The highest BCUT2D eigenvalue weighted by Gasteiger charge is 2.61. The molecule has 4 aliphatic rings. The molecule has 0 radical (unpaired) electrons. The highest BCUT2D eigenvalue weighted by atomic mass is 35.5. The number of halogens is 1. The number of nitrogens with two attached hydrogens (primary N) is 1. The number of carbonyl (C=O) groups excluding carboxylic acids is 1. The summed E-state index contributed by atoms with van der Waals surface area (Å²) in [6.45, 7) is 5.57. The second-order valence-electron chi connectivity index (χ2n) is 10.5. The Labute approximate surface area is 210 Å². The maximum Gasteiger partial charge on any atom is 0.482 e. The normalized spacial score (nSPS) is 27.3. The van der Waals surface area contributed by atoms with Gasteiger partial charge in [-0.2, -0.15) is 0 Å². The van der Waals surface area contributed by atoms with Crippen LogP contribution in [-0.2, 0) is 26.9 Å². The molecule has 3 aromatic rings. The molecule has 4 aliphatic heterocycles. The van der Waals surface area contributed by atoms with Crippen LogP contribution in [0.3, 0.4) is 0 Å². The second-order valence-corrected chi connectivity index (χ2v) is 10.9. The van der Waals surface area contributed by atoms with E-state index in [1.165, 1.54) is 0 Å². The zero-order valence-electron chi connectivity index (χ0n) is 19.9. The number of amides is 1. The summed E-state index contributed by atoms with van der Waals surface area (Å²) in [5.74, 6) is 0.0998. The molecule has 2 bridgehead atoms. The van der Waals surface area contributed by atoms with E-state index < -0.39 is 7.12 Å². The van der Waals surface area contributed by atoms with Crippen LogP contribution in [0.1, 0.15) is 31.4 Å². The number of anilines is 1. The molecule has 5 heterocycles. The molecule has 0 aliphatic carbocycles. The molecule has 1 aromatic heterocycles. The first kappa shape index (κ1) is 22.9. The number of para-hydroxylation sites is 1. The number of fused-ring (bicyclic) bond motifs is 1. The first-order valence-electron chi connectivity index (χ1n) is 12.2. The molecule has 7 rings (SSSR count). The standard InChI is InChI=1S/C26H29BClN3O4/c1-26(2)17-12-22-25(31(26)13-17)35-27(34-22)23(11-16-14-33-21-6-4-3-5-18(16)21)30-24(32)10-15-7-8-20(29)19(28)9-15/h3-9,14,17,22-23,25H,10-13,29H2,1-2H3,(H,30,32). The Morgan fingerprint density at radius 2 is 2.11 bits per heavy atom. The van der Waals surface area contributed by atoms with E-state index in [4.69, 9.17) is 31.1 Å². The molecule has 0 saturated carbocycles. The largest absolute Gasteiger partial charge is 0.482 e. The van der Waals surface area contributed by atoms with E-state index in [1.54, 1.807) is 18.4 Å². The third-order valence-corrected chi connectivity index (χ3v) is 8.31. The van der Waals surface area contributed by atoms with E-state index in [0.717, 1.165) is 35.1 Å². The van der Waals surface area contributed by atoms with Gasteiger partial charge in [0.25, 0.3) is 0 Å². The van der Waals surface area contributed by atoms with Gasteiger partial charge in [-0.1, -0.05) is 35.9 Å². The molecule has 5 atom stereocenters. The summed E-state index contributed by atoms with van der Waals surface area (Å²) in [4.78, 5) is 15.5. The number of piperidine rings is 2. The molecular formula is C26H29BClN3O4. The van der Waals surface area contributed by atoms with Crippen molar-refractivity contribution in [2.24, 2.45) is 5.92 Å². The Balaban J connectivity index is 1.23. The van der Waals surface area contributed by atoms with Crippen molar-refractivity contribution >= 4 is 41.3 Å². The van der Waals surface area contributed by atoms with E-state index in [-0.39, 0.29) is 36.1 Å². The maximum absolute atomic E-state index is 13.1. The number of nitrogens with zero attached hydrogens (tertiary/aromatic N) is 1. The zero-order chi connectivity index (χ0) is 24.3. The van der Waals surface area contributed by atoms with E-state index in [1.807, 2.05) is 30.3 Å². The van der Waals surface area contributed by atoms with Crippen molar-refractivity contribution in [3.8, 4) is 0 Å². The minimum absolute atomic E-state index is 0.0168. The summed E-state index contributed by atoms with van der Waals surface area (Å²) in [5, 5.41) is 4.65. The first-order chi connectivity index (χ1) is 16.8. The molecular weight excluding hydrogens is 465 g/mol. The topological polar surface area (TPSA) is 90.0 Å². The third-order valence-electron chi connectivity index (χ3n) is 7.99. The maximum atomic E-state index is 13.1. The van der Waals surface area contributed by atoms with Gasteiger partial charge in [-0.25, -0.2) is 0 Å². The van der Waals surface area contributed by atoms with Crippen LogP contribution >= 0.6 is 11.6 Å². The van der Waals surface area contributed by atoms with E-state index in [9.17, 15) is 4.79 Å². The highest BCUT2D eigenvalue weighted by molar-refractivity contribution is 6.47. The zero-order valence-corrected chi connectivity index (χ0v) is 20.6. The predicted octanol–water partition coefficient (Wildman–Crippen LogP) is 3.82. The minimum Gasteiger partial charge on any atom is -0.464 e. The molecule has 1 amide bonds. The van der Waals surface area contributed by atoms with Crippen LogP contribution < -0.4 is 11.1 Å². The number of furan rings is 1. The van der Waals surface area contributed by atoms with Gasteiger partial charge in [0, 0.05) is 17.5 Å². The fourth-order valence-electron chi connectivity index (χ4n) is 5.79. The van der Waals surface area contributed by atoms with Crippen molar-refractivity contribution in [1.29, 1.82) is 0 Å². The minimum atomic E-state index is -0.548. The van der Waals surface area contributed by atoms with Crippen LogP contribution in [0.5, 0.6) is 0 Å². The van der Waals surface area contributed by atoms with E-state index in [0.29, 0.717) is 23.0 Å². The number of nitrogen functional groups attached to an aromatic ring is 1. The smallest absolute Gasteiger partial charge is 0.464 e. The average molecular weight is 494 g/mol. The molecule has 5 unspecified atom stereocenters. The Hall–Kier alpha value is -2.52. The number of rotatable bonds is 6.